The van der Waals surface area contributed by atoms with Crippen LogP contribution in [0.25, 0.3) is 0 Å². The molecule has 0 aliphatic carbocycles. The standard InChI is InChI=1S/C13H19F4NO2/c1-20-12(19)10(13(15,16)17)11(14)18-8-6-4-2-3-5-7-9-18/h2-9H2,1H3. The zero-order valence-electron chi connectivity index (χ0n) is 11.4. The van der Waals surface area contributed by atoms with Gasteiger partial charge in [-0.3, -0.25) is 0 Å². The van der Waals surface area contributed by atoms with Crippen molar-refractivity contribution >= 4 is 5.97 Å². The van der Waals surface area contributed by atoms with Crippen molar-refractivity contribution in [1.29, 1.82) is 0 Å². The van der Waals surface area contributed by atoms with Gasteiger partial charge >= 0.3 is 12.1 Å². The quantitative estimate of drug-likeness (QED) is 0.338. The molecule has 0 radical (unpaired) electrons. The highest BCUT2D eigenvalue weighted by Crippen LogP contribution is 2.31. The van der Waals surface area contributed by atoms with Crippen LogP contribution >= 0.6 is 0 Å². The Morgan fingerprint density at radius 3 is 1.85 bits per heavy atom. The summed E-state index contributed by atoms with van der Waals surface area (Å²) in [6.45, 7) is 0.366. The fraction of sp³-hybridized carbons (Fsp3) is 0.769. The molecule has 0 saturated carbocycles. The van der Waals surface area contributed by atoms with Crippen LogP contribution in [-0.2, 0) is 9.53 Å². The molecule has 20 heavy (non-hydrogen) atoms. The second kappa shape index (κ2) is 7.50. The molecule has 0 aromatic carbocycles. The number of nitrogens with zero attached hydrogens (tertiary/aromatic N) is 1. The normalized spacial score (nSPS) is 19.6. The van der Waals surface area contributed by atoms with Gasteiger partial charge in [0.25, 0.3) is 0 Å². The highest BCUT2D eigenvalue weighted by molar-refractivity contribution is 5.90. The van der Waals surface area contributed by atoms with E-state index in [9.17, 15) is 22.4 Å². The van der Waals surface area contributed by atoms with Crippen molar-refractivity contribution in [3.05, 3.63) is 11.5 Å². The first-order chi connectivity index (χ1) is 9.38. The molecule has 1 aliphatic heterocycles. The van der Waals surface area contributed by atoms with Crippen molar-refractivity contribution in [2.24, 2.45) is 0 Å². The third-order valence-corrected chi connectivity index (χ3v) is 3.26. The summed E-state index contributed by atoms with van der Waals surface area (Å²) in [6.07, 6.45) is -0.133. The molecule has 0 spiro atoms. The van der Waals surface area contributed by atoms with Gasteiger partial charge in [0, 0.05) is 13.1 Å². The van der Waals surface area contributed by atoms with E-state index in [0.29, 0.717) is 12.8 Å². The van der Waals surface area contributed by atoms with E-state index in [1.54, 1.807) is 0 Å². The lowest BCUT2D eigenvalue weighted by Gasteiger charge is -2.24. The lowest BCUT2D eigenvalue weighted by atomic mass is 10.1. The summed E-state index contributed by atoms with van der Waals surface area (Å²) in [7, 11) is 0.805. The number of carbonyl (C=O) groups is 1. The fourth-order valence-electron chi connectivity index (χ4n) is 2.20. The van der Waals surface area contributed by atoms with E-state index in [-0.39, 0.29) is 13.1 Å². The number of rotatable bonds is 2. The van der Waals surface area contributed by atoms with Crippen LogP contribution < -0.4 is 0 Å². The van der Waals surface area contributed by atoms with Crippen molar-refractivity contribution in [2.45, 2.75) is 44.7 Å². The molecule has 0 bridgehead atoms. The Bertz CT molecular complexity index is 356. The highest BCUT2D eigenvalue weighted by Gasteiger charge is 2.44. The average Bonchev–Trinajstić information content (AvgIpc) is 2.50. The van der Waals surface area contributed by atoms with Gasteiger partial charge < -0.3 is 9.64 Å². The molecule has 0 N–H and O–H groups in total. The number of methoxy groups -OCH3 is 1. The Labute approximate surface area is 115 Å². The van der Waals surface area contributed by atoms with E-state index < -0.39 is 23.7 Å². The molecule has 0 aromatic rings. The SMILES string of the molecule is COC(=O)C(=C(F)N1CCCCCCCC1)C(F)(F)F. The molecule has 1 rings (SSSR count). The first-order valence-electron chi connectivity index (χ1n) is 6.68. The predicted octanol–water partition coefficient (Wildman–Crippen LogP) is 3.56. The Morgan fingerprint density at radius 2 is 1.45 bits per heavy atom. The molecular formula is C13H19F4NO2. The largest absolute Gasteiger partial charge is 0.465 e. The monoisotopic (exact) mass is 297 g/mol. The minimum atomic E-state index is -5.06. The van der Waals surface area contributed by atoms with Crippen molar-refractivity contribution in [1.82, 2.24) is 4.90 Å². The van der Waals surface area contributed by atoms with E-state index >= 15 is 0 Å². The summed E-state index contributed by atoms with van der Waals surface area (Å²) >= 11 is 0. The summed E-state index contributed by atoms with van der Waals surface area (Å²) in [5.41, 5.74) is -1.85. The van der Waals surface area contributed by atoms with Crippen LogP contribution in [0.1, 0.15) is 38.5 Å². The van der Waals surface area contributed by atoms with Crippen LogP contribution in [0.3, 0.4) is 0 Å². The van der Waals surface area contributed by atoms with E-state index in [4.69, 9.17) is 0 Å². The third kappa shape index (κ3) is 4.68. The van der Waals surface area contributed by atoms with Crippen molar-refractivity contribution in [3.63, 3.8) is 0 Å². The molecule has 1 saturated heterocycles. The number of hydrogen-bond acceptors (Lipinski definition) is 3. The van der Waals surface area contributed by atoms with E-state index in [1.165, 1.54) is 0 Å². The molecule has 1 heterocycles. The average molecular weight is 297 g/mol. The molecule has 0 amide bonds. The van der Waals surface area contributed by atoms with E-state index in [1.807, 2.05) is 0 Å². The zero-order valence-corrected chi connectivity index (χ0v) is 11.4. The fourth-order valence-corrected chi connectivity index (χ4v) is 2.20. The molecule has 116 valence electrons. The summed E-state index contributed by atoms with van der Waals surface area (Å²) in [5, 5.41) is 0. The second-order valence-corrected chi connectivity index (χ2v) is 4.76. The number of ether oxygens (including phenoxy) is 1. The van der Waals surface area contributed by atoms with Crippen LogP contribution in [0.15, 0.2) is 11.5 Å². The zero-order chi connectivity index (χ0) is 15.2. The lowest BCUT2D eigenvalue weighted by Crippen LogP contribution is -2.31. The molecule has 7 heteroatoms. The second-order valence-electron chi connectivity index (χ2n) is 4.76. The first-order valence-corrected chi connectivity index (χ1v) is 6.68. The van der Waals surface area contributed by atoms with Gasteiger partial charge in [-0.15, -0.1) is 0 Å². The van der Waals surface area contributed by atoms with Crippen LogP contribution in [0.5, 0.6) is 0 Å². The van der Waals surface area contributed by atoms with Crippen molar-refractivity contribution in [3.8, 4) is 0 Å². The molecular weight excluding hydrogens is 278 g/mol. The van der Waals surface area contributed by atoms with Gasteiger partial charge in [0.1, 0.15) is 0 Å². The summed E-state index contributed by atoms with van der Waals surface area (Å²) in [4.78, 5) is 12.2. The topological polar surface area (TPSA) is 29.5 Å². The molecule has 1 aliphatic rings. The minimum absolute atomic E-state index is 0.183. The van der Waals surface area contributed by atoms with Gasteiger partial charge in [-0.25, -0.2) is 4.79 Å². The number of esters is 1. The van der Waals surface area contributed by atoms with Gasteiger partial charge in [-0.2, -0.15) is 17.6 Å². The minimum Gasteiger partial charge on any atom is -0.465 e. The van der Waals surface area contributed by atoms with Gasteiger partial charge in [-0.1, -0.05) is 25.7 Å². The van der Waals surface area contributed by atoms with Crippen LogP contribution in [0, 0.1) is 0 Å². The highest BCUT2D eigenvalue weighted by atomic mass is 19.4. The maximum Gasteiger partial charge on any atom is 0.427 e. The lowest BCUT2D eigenvalue weighted by molar-refractivity contribution is -0.149. The van der Waals surface area contributed by atoms with Crippen molar-refractivity contribution < 1.29 is 27.1 Å². The summed E-state index contributed by atoms with van der Waals surface area (Å²) < 4.78 is 56.6. The van der Waals surface area contributed by atoms with Crippen molar-refractivity contribution in [2.75, 3.05) is 20.2 Å². The maximum absolute atomic E-state index is 14.1. The van der Waals surface area contributed by atoms with E-state index in [0.717, 1.165) is 37.7 Å². The number of halogens is 4. The number of alkyl halides is 3. The predicted molar refractivity (Wildman–Crippen MR) is 65.5 cm³/mol. The Morgan fingerprint density at radius 1 is 1.00 bits per heavy atom. The molecule has 0 aromatic heterocycles. The molecule has 0 atom stereocenters. The maximum atomic E-state index is 14.1. The smallest absolute Gasteiger partial charge is 0.427 e. The Kier molecular flexibility index (Phi) is 6.29. The van der Waals surface area contributed by atoms with Crippen LogP contribution in [0.2, 0.25) is 0 Å². The number of carbonyl (C=O) groups excluding carboxylic acids is 1. The molecule has 1 fully saturated rings. The van der Waals surface area contributed by atoms with Crippen LogP contribution in [-0.4, -0.2) is 37.2 Å². The molecule has 3 nitrogen and oxygen atoms in total. The van der Waals surface area contributed by atoms with Crippen LogP contribution in [0.4, 0.5) is 17.6 Å². The summed E-state index contributed by atoms with van der Waals surface area (Å²) in [5.74, 6) is -3.21. The Balaban J connectivity index is 3.01. The van der Waals surface area contributed by atoms with E-state index in [2.05, 4.69) is 4.74 Å². The van der Waals surface area contributed by atoms with Gasteiger partial charge in [0.05, 0.1) is 7.11 Å². The van der Waals surface area contributed by atoms with Gasteiger partial charge in [0.2, 0.25) is 5.95 Å². The van der Waals surface area contributed by atoms with Gasteiger partial charge in [-0.05, 0) is 12.8 Å². The molecule has 0 unspecified atom stereocenters. The summed E-state index contributed by atoms with van der Waals surface area (Å²) in [6, 6.07) is 0. The first kappa shape index (κ1) is 16.8. The van der Waals surface area contributed by atoms with Gasteiger partial charge in [0.15, 0.2) is 5.57 Å². The number of hydrogen-bond donors (Lipinski definition) is 0. The third-order valence-electron chi connectivity index (χ3n) is 3.26. The Hall–Kier alpha value is -1.27.